The van der Waals surface area contributed by atoms with E-state index in [0.717, 1.165) is 37.4 Å². The van der Waals surface area contributed by atoms with Gasteiger partial charge in [0, 0.05) is 32.2 Å². The summed E-state index contributed by atoms with van der Waals surface area (Å²) in [6.07, 6.45) is 1.79. The van der Waals surface area contributed by atoms with Crippen molar-refractivity contribution in [1.29, 1.82) is 0 Å². The first-order valence-electron chi connectivity index (χ1n) is 6.90. The van der Waals surface area contributed by atoms with E-state index in [-0.39, 0.29) is 5.56 Å². The van der Waals surface area contributed by atoms with Crippen LogP contribution in [0.1, 0.15) is 5.56 Å². The van der Waals surface area contributed by atoms with E-state index in [1.54, 1.807) is 12.3 Å². The Kier molecular flexibility index (Phi) is 3.78. The Labute approximate surface area is 117 Å². The third-order valence-corrected chi connectivity index (χ3v) is 3.51. The zero-order valence-corrected chi connectivity index (χ0v) is 11.3. The Morgan fingerprint density at radius 1 is 1.15 bits per heavy atom. The highest BCUT2D eigenvalue weighted by Crippen LogP contribution is 2.10. The monoisotopic (exact) mass is 270 g/mol. The minimum absolute atomic E-state index is 0.0510. The fourth-order valence-corrected chi connectivity index (χ4v) is 2.40. The molecule has 104 valence electrons. The van der Waals surface area contributed by atoms with E-state index in [9.17, 15) is 4.79 Å². The van der Waals surface area contributed by atoms with Crippen LogP contribution >= 0.6 is 0 Å². The molecule has 1 aliphatic heterocycles. The molecule has 1 aromatic carbocycles. The summed E-state index contributed by atoms with van der Waals surface area (Å²) in [7, 11) is 0. The predicted molar refractivity (Wildman–Crippen MR) is 79.1 cm³/mol. The van der Waals surface area contributed by atoms with Crippen molar-refractivity contribution in [2.45, 2.75) is 6.54 Å². The van der Waals surface area contributed by atoms with E-state index in [1.807, 2.05) is 30.3 Å². The van der Waals surface area contributed by atoms with E-state index in [4.69, 9.17) is 0 Å². The molecule has 0 atom stereocenters. The molecule has 0 unspecified atom stereocenters. The van der Waals surface area contributed by atoms with Gasteiger partial charge in [0.2, 0.25) is 0 Å². The number of benzene rings is 1. The molecule has 1 saturated heterocycles. The summed E-state index contributed by atoms with van der Waals surface area (Å²) in [6, 6.07) is 11.6. The van der Waals surface area contributed by atoms with Crippen molar-refractivity contribution in [2.24, 2.45) is 0 Å². The predicted octanol–water partition coefficient (Wildman–Crippen LogP) is 0.701. The third-order valence-electron chi connectivity index (χ3n) is 3.51. The highest BCUT2D eigenvalue weighted by atomic mass is 16.1. The number of nitrogens with zero attached hydrogens (tertiary/aromatic N) is 3. The van der Waals surface area contributed by atoms with E-state index in [2.05, 4.69) is 15.3 Å². The summed E-state index contributed by atoms with van der Waals surface area (Å²) in [5, 5.41) is 7.59. The van der Waals surface area contributed by atoms with Crippen LogP contribution in [0, 0.1) is 0 Å². The van der Waals surface area contributed by atoms with Gasteiger partial charge in [0.1, 0.15) is 0 Å². The first-order chi connectivity index (χ1) is 9.83. The van der Waals surface area contributed by atoms with Gasteiger partial charge in [-0.3, -0.25) is 4.79 Å². The molecular formula is C15H18N4O. The van der Waals surface area contributed by atoms with Crippen molar-refractivity contribution in [3.63, 3.8) is 0 Å². The molecule has 0 aliphatic carbocycles. The van der Waals surface area contributed by atoms with Gasteiger partial charge in [0.15, 0.2) is 0 Å². The van der Waals surface area contributed by atoms with Crippen LogP contribution in [0.2, 0.25) is 0 Å². The lowest BCUT2D eigenvalue weighted by atomic mass is 10.2. The van der Waals surface area contributed by atoms with Crippen molar-refractivity contribution in [3.8, 4) is 0 Å². The van der Waals surface area contributed by atoms with E-state index >= 15 is 0 Å². The van der Waals surface area contributed by atoms with Crippen molar-refractivity contribution in [2.75, 3.05) is 31.1 Å². The lowest BCUT2D eigenvalue weighted by molar-refractivity contribution is 0.582. The molecule has 0 saturated carbocycles. The fraction of sp³-hybridized carbons (Fsp3) is 0.333. The van der Waals surface area contributed by atoms with Crippen LogP contribution in [0.3, 0.4) is 0 Å². The van der Waals surface area contributed by atoms with Crippen LogP contribution in [0.5, 0.6) is 0 Å². The Morgan fingerprint density at radius 2 is 1.90 bits per heavy atom. The number of nitrogens with one attached hydrogen (secondary N) is 1. The molecule has 0 radical (unpaired) electrons. The van der Waals surface area contributed by atoms with Gasteiger partial charge in [-0.15, -0.1) is 0 Å². The van der Waals surface area contributed by atoms with Crippen molar-refractivity contribution in [3.05, 3.63) is 58.5 Å². The van der Waals surface area contributed by atoms with Gasteiger partial charge in [-0.2, -0.15) is 5.10 Å². The Morgan fingerprint density at radius 3 is 2.60 bits per heavy atom. The summed E-state index contributed by atoms with van der Waals surface area (Å²) in [4.78, 5) is 14.3. The maximum Gasteiger partial charge on any atom is 0.269 e. The number of hydrogen-bond acceptors (Lipinski definition) is 4. The van der Waals surface area contributed by atoms with Crippen LogP contribution in [0.4, 0.5) is 5.69 Å². The lowest BCUT2D eigenvalue weighted by Crippen LogP contribution is -2.44. The molecule has 5 nitrogen and oxygen atoms in total. The third kappa shape index (κ3) is 2.88. The Bertz CT molecular complexity index is 617. The number of hydrogen-bond donors (Lipinski definition) is 1. The molecule has 2 heterocycles. The number of piperazine rings is 1. The van der Waals surface area contributed by atoms with Crippen LogP contribution in [-0.2, 0) is 6.54 Å². The molecular weight excluding hydrogens is 252 g/mol. The normalized spacial score (nSPS) is 15.3. The molecule has 1 N–H and O–H groups in total. The van der Waals surface area contributed by atoms with Crippen LogP contribution in [-0.4, -0.2) is 36.0 Å². The summed E-state index contributed by atoms with van der Waals surface area (Å²) in [5.74, 6) is 0. The van der Waals surface area contributed by atoms with Gasteiger partial charge in [-0.05, 0) is 5.56 Å². The van der Waals surface area contributed by atoms with Crippen molar-refractivity contribution < 1.29 is 0 Å². The largest absolute Gasteiger partial charge is 0.368 e. The Balaban J connectivity index is 1.79. The highest BCUT2D eigenvalue weighted by Gasteiger charge is 2.12. The number of rotatable bonds is 3. The molecule has 1 aromatic heterocycles. The minimum atomic E-state index is -0.0510. The van der Waals surface area contributed by atoms with Gasteiger partial charge < -0.3 is 10.2 Å². The average Bonchev–Trinajstić information content (AvgIpc) is 2.51. The molecule has 3 rings (SSSR count). The van der Waals surface area contributed by atoms with Crippen LogP contribution in [0.15, 0.2) is 47.4 Å². The standard InChI is InChI=1S/C15H18N4O/c20-15-10-14(18-8-6-16-7-9-18)11-17-19(15)12-13-4-2-1-3-5-13/h1-5,10-11,16H,6-9,12H2. The summed E-state index contributed by atoms with van der Waals surface area (Å²) in [5.41, 5.74) is 1.95. The number of anilines is 1. The van der Waals surface area contributed by atoms with Crippen molar-refractivity contribution >= 4 is 5.69 Å². The summed E-state index contributed by atoms with van der Waals surface area (Å²) < 4.78 is 1.50. The van der Waals surface area contributed by atoms with Crippen LogP contribution < -0.4 is 15.8 Å². The number of aromatic nitrogens is 2. The lowest BCUT2D eigenvalue weighted by Gasteiger charge is -2.28. The molecule has 2 aromatic rings. The van der Waals surface area contributed by atoms with E-state index in [0.29, 0.717) is 6.54 Å². The fourth-order valence-electron chi connectivity index (χ4n) is 2.40. The van der Waals surface area contributed by atoms with E-state index < -0.39 is 0 Å². The molecule has 0 spiro atoms. The van der Waals surface area contributed by atoms with Crippen molar-refractivity contribution in [1.82, 2.24) is 15.1 Å². The zero-order valence-electron chi connectivity index (χ0n) is 11.3. The smallest absolute Gasteiger partial charge is 0.269 e. The first kappa shape index (κ1) is 12.9. The second-order valence-electron chi connectivity index (χ2n) is 4.93. The topological polar surface area (TPSA) is 50.2 Å². The molecule has 0 amide bonds. The quantitative estimate of drug-likeness (QED) is 0.892. The van der Waals surface area contributed by atoms with Gasteiger partial charge in [-0.1, -0.05) is 30.3 Å². The van der Waals surface area contributed by atoms with Gasteiger partial charge in [0.05, 0.1) is 18.4 Å². The maximum absolute atomic E-state index is 12.1. The second kappa shape index (κ2) is 5.88. The molecule has 5 heteroatoms. The maximum atomic E-state index is 12.1. The summed E-state index contributed by atoms with van der Waals surface area (Å²) in [6.45, 7) is 4.26. The van der Waals surface area contributed by atoms with Gasteiger partial charge >= 0.3 is 0 Å². The zero-order chi connectivity index (χ0) is 13.8. The van der Waals surface area contributed by atoms with Gasteiger partial charge in [-0.25, -0.2) is 4.68 Å². The summed E-state index contributed by atoms with van der Waals surface area (Å²) >= 11 is 0. The second-order valence-corrected chi connectivity index (χ2v) is 4.93. The SMILES string of the molecule is O=c1cc(N2CCNCC2)cnn1Cc1ccccc1. The van der Waals surface area contributed by atoms with Gasteiger partial charge in [0.25, 0.3) is 5.56 Å². The van der Waals surface area contributed by atoms with E-state index in [1.165, 1.54) is 4.68 Å². The first-order valence-corrected chi connectivity index (χ1v) is 6.90. The molecule has 20 heavy (non-hydrogen) atoms. The molecule has 0 bridgehead atoms. The van der Waals surface area contributed by atoms with Crippen LogP contribution in [0.25, 0.3) is 0 Å². The molecule has 1 fully saturated rings. The average molecular weight is 270 g/mol. The minimum Gasteiger partial charge on any atom is -0.368 e. The highest BCUT2D eigenvalue weighted by molar-refractivity contribution is 5.43. The molecule has 1 aliphatic rings. The Hall–Kier alpha value is -2.14.